The third-order valence-corrected chi connectivity index (χ3v) is 5.54. The molecule has 3 N–H and O–H groups in total. The van der Waals surface area contributed by atoms with Gasteiger partial charge in [0, 0.05) is 46.5 Å². The molecule has 1 amide bonds. The number of carbonyl (C=O) groups is 1. The summed E-state index contributed by atoms with van der Waals surface area (Å²) in [6, 6.07) is 19.6. The number of hydrogen-bond acceptors (Lipinski definition) is 9. The van der Waals surface area contributed by atoms with Gasteiger partial charge in [0.25, 0.3) is 5.91 Å². The van der Waals surface area contributed by atoms with Gasteiger partial charge in [0.15, 0.2) is 11.5 Å². The summed E-state index contributed by atoms with van der Waals surface area (Å²) in [5.74, 6) is 3.03. The van der Waals surface area contributed by atoms with Gasteiger partial charge in [-0.05, 0) is 55.5 Å². The first-order chi connectivity index (χ1) is 18.4. The lowest BCUT2D eigenvalue weighted by Crippen LogP contribution is -2.11. The number of aryl methyl sites for hydroxylation is 1. The Morgan fingerprint density at radius 3 is 1.89 bits per heavy atom. The van der Waals surface area contributed by atoms with E-state index in [1.54, 1.807) is 77.0 Å². The fourth-order valence-electron chi connectivity index (χ4n) is 3.70. The number of anilines is 5. The number of nitrogens with one attached hydrogen (secondary N) is 3. The van der Waals surface area contributed by atoms with Gasteiger partial charge in [-0.15, -0.1) is 0 Å². The van der Waals surface area contributed by atoms with Crippen molar-refractivity contribution in [2.45, 2.75) is 6.92 Å². The van der Waals surface area contributed by atoms with Gasteiger partial charge in [-0.2, -0.15) is 4.98 Å². The number of aromatic nitrogens is 2. The summed E-state index contributed by atoms with van der Waals surface area (Å²) in [5.41, 5.74) is 3.43. The number of rotatable bonds is 10. The Hall–Kier alpha value is -4.99. The van der Waals surface area contributed by atoms with Crippen LogP contribution in [0.4, 0.5) is 28.8 Å². The van der Waals surface area contributed by atoms with Crippen molar-refractivity contribution < 1.29 is 23.7 Å². The van der Waals surface area contributed by atoms with E-state index in [0.29, 0.717) is 51.7 Å². The minimum absolute atomic E-state index is 0.210. The van der Waals surface area contributed by atoms with Gasteiger partial charge in [-0.3, -0.25) is 4.79 Å². The maximum Gasteiger partial charge on any atom is 0.255 e. The third kappa shape index (κ3) is 6.22. The number of amides is 1. The van der Waals surface area contributed by atoms with Crippen molar-refractivity contribution in [3.05, 3.63) is 78.0 Å². The molecule has 0 unspecified atom stereocenters. The van der Waals surface area contributed by atoms with Crippen LogP contribution in [0.2, 0.25) is 0 Å². The molecule has 0 saturated heterocycles. The Morgan fingerprint density at radius 2 is 1.32 bits per heavy atom. The molecular weight excluding hydrogens is 486 g/mol. The zero-order chi connectivity index (χ0) is 27.1. The van der Waals surface area contributed by atoms with E-state index in [-0.39, 0.29) is 5.91 Å². The number of benzene rings is 3. The van der Waals surface area contributed by atoms with E-state index in [2.05, 4.69) is 25.9 Å². The van der Waals surface area contributed by atoms with Crippen LogP contribution in [0.15, 0.2) is 66.7 Å². The van der Waals surface area contributed by atoms with E-state index in [9.17, 15) is 4.79 Å². The summed E-state index contributed by atoms with van der Waals surface area (Å²) in [4.78, 5) is 21.6. The van der Waals surface area contributed by atoms with Crippen molar-refractivity contribution in [2.75, 3.05) is 44.4 Å². The van der Waals surface area contributed by atoms with Crippen LogP contribution in [0.5, 0.6) is 23.0 Å². The maximum atomic E-state index is 12.5. The van der Waals surface area contributed by atoms with Gasteiger partial charge in [0.05, 0.1) is 28.4 Å². The summed E-state index contributed by atoms with van der Waals surface area (Å²) in [7, 11) is 6.27. The van der Waals surface area contributed by atoms with Crippen LogP contribution in [0.3, 0.4) is 0 Å². The van der Waals surface area contributed by atoms with E-state index in [1.807, 2.05) is 25.1 Å². The molecule has 0 aliphatic rings. The zero-order valence-corrected chi connectivity index (χ0v) is 21.8. The quantitative estimate of drug-likeness (QED) is 0.250. The lowest BCUT2D eigenvalue weighted by molar-refractivity contribution is 0.102. The number of carbonyl (C=O) groups excluding carboxylic acids is 1. The molecular formula is C28H29N5O5. The first-order valence-electron chi connectivity index (χ1n) is 11.7. The highest BCUT2D eigenvalue weighted by molar-refractivity contribution is 6.04. The predicted molar refractivity (Wildman–Crippen MR) is 147 cm³/mol. The predicted octanol–water partition coefficient (Wildman–Crippen LogP) is 5.56. The smallest absolute Gasteiger partial charge is 0.255 e. The van der Waals surface area contributed by atoms with E-state index >= 15 is 0 Å². The first kappa shape index (κ1) is 26.1. The van der Waals surface area contributed by atoms with Crippen LogP contribution in [0.1, 0.15) is 16.1 Å². The van der Waals surface area contributed by atoms with Crippen molar-refractivity contribution in [3.63, 3.8) is 0 Å². The van der Waals surface area contributed by atoms with E-state index in [0.717, 1.165) is 11.4 Å². The lowest BCUT2D eigenvalue weighted by Gasteiger charge is -2.15. The summed E-state index contributed by atoms with van der Waals surface area (Å²) < 4.78 is 21.4. The number of nitrogens with zero attached hydrogens (tertiary/aromatic N) is 2. The highest BCUT2D eigenvalue weighted by atomic mass is 16.5. The standard InChI is InChI=1S/C28H29N5O5/c1-17-14-25(30-21-15-23(36-3)26(38-5)24(16-21)37-4)33-28(29-17)32-20-10-8-19(9-11-20)31-27(34)18-6-12-22(35-2)13-7-18/h6-16H,1-5H3,(H,31,34)(H2,29,30,32,33). The van der Waals surface area contributed by atoms with Gasteiger partial charge in [0.1, 0.15) is 11.6 Å². The molecule has 0 atom stereocenters. The second-order valence-electron chi connectivity index (χ2n) is 8.14. The maximum absolute atomic E-state index is 12.5. The number of ether oxygens (including phenoxy) is 4. The zero-order valence-electron chi connectivity index (χ0n) is 21.8. The average molecular weight is 516 g/mol. The largest absolute Gasteiger partial charge is 0.497 e. The van der Waals surface area contributed by atoms with Gasteiger partial charge >= 0.3 is 0 Å². The molecule has 0 radical (unpaired) electrons. The molecule has 0 aliphatic carbocycles. The summed E-state index contributed by atoms with van der Waals surface area (Å²) >= 11 is 0. The molecule has 1 aromatic heterocycles. The summed E-state index contributed by atoms with van der Waals surface area (Å²) in [6.07, 6.45) is 0. The molecule has 10 heteroatoms. The van der Waals surface area contributed by atoms with Crippen LogP contribution in [-0.2, 0) is 0 Å². The summed E-state index contributed by atoms with van der Waals surface area (Å²) in [5, 5.41) is 9.34. The number of methoxy groups -OCH3 is 4. The minimum atomic E-state index is -0.210. The van der Waals surface area contributed by atoms with Crippen molar-refractivity contribution >= 4 is 34.7 Å². The van der Waals surface area contributed by atoms with Crippen molar-refractivity contribution in [2.24, 2.45) is 0 Å². The molecule has 196 valence electrons. The fourth-order valence-corrected chi connectivity index (χ4v) is 3.70. The highest BCUT2D eigenvalue weighted by Crippen LogP contribution is 2.40. The Kier molecular flexibility index (Phi) is 8.12. The monoisotopic (exact) mass is 515 g/mol. The molecule has 0 aliphatic heterocycles. The molecule has 0 spiro atoms. The van der Waals surface area contributed by atoms with Crippen molar-refractivity contribution in [1.29, 1.82) is 0 Å². The van der Waals surface area contributed by atoms with Gasteiger partial charge < -0.3 is 34.9 Å². The van der Waals surface area contributed by atoms with E-state index in [1.165, 1.54) is 0 Å². The lowest BCUT2D eigenvalue weighted by atomic mass is 10.2. The van der Waals surface area contributed by atoms with Crippen LogP contribution < -0.4 is 34.9 Å². The Bertz CT molecular complexity index is 1380. The van der Waals surface area contributed by atoms with E-state index < -0.39 is 0 Å². The molecule has 3 aromatic carbocycles. The van der Waals surface area contributed by atoms with Gasteiger partial charge in [0.2, 0.25) is 11.7 Å². The second kappa shape index (κ2) is 11.8. The van der Waals surface area contributed by atoms with Crippen LogP contribution >= 0.6 is 0 Å². The second-order valence-corrected chi connectivity index (χ2v) is 8.14. The van der Waals surface area contributed by atoms with Crippen LogP contribution in [-0.4, -0.2) is 44.3 Å². The average Bonchev–Trinajstić information content (AvgIpc) is 2.93. The molecule has 1 heterocycles. The first-order valence-corrected chi connectivity index (χ1v) is 11.7. The molecule has 4 rings (SSSR count). The van der Waals surface area contributed by atoms with Gasteiger partial charge in [-0.25, -0.2) is 4.98 Å². The SMILES string of the molecule is COc1ccc(C(=O)Nc2ccc(Nc3nc(C)cc(Nc4cc(OC)c(OC)c(OC)c4)n3)cc2)cc1. The molecule has 4 aromatic rings. The van der Waals surface area contributed by atoms with Crippen molar-refractivity contribution in [1.82, 2.24) is 9.97 Å². The topological polar surface area (TPSA) is 116 Å². The number of hydrogen-bond donors (Lipinski definition) is 3. The Balaban J connectivity index is 1.45. The minimum Gasteiger partial charge on any atom is -0.497 e. The fraction of sp³-hybridized carbons (Fsp3) is 0.179. The van der Waals surface area contributed by atoms with Gasteiger partial charge in [-0.1, -0.05) is 0 Å². The molecule has 0 fully saturated rings. The van der Waals surface area contributed by atoms with Crippen LogP contribution in [0.25, 0.3) is 0 Å². The third-order valence-electron chi connectivity index (χ3n) is 5.54. The Morgan fingerprint density at radius 1 is 0.684 bits per heavy atom. The van der Waals surface area contributed by atoms with Crippen molar-refractivity contribution in [3.8, 4) is 23.0 Å². The molecule has 0 bridgehead atoms. The summed E-state index contributed by atoms with van der Waals surface area (Å²) in [6.45, 7) is 1.88. The highest BCUT2D eigenvalue weighted by Gasteiger charge is 2.14. The Labute approximate surface area is 220 Å². The molecule has 10 nitrogen and oxygen atoms in total. The molecule has 0 saturated carbocycles. The van der Waals surface area contributed by atoms with Crippen LogP contribution in [0, 0.1) is 6.92 Å². The molecule has 38 heavy (non-hydrogen) atoms. The van der Waals surface area contributed by atoms with E-state index in [4.69, 9.17) is 18.9 Å². The normalized spacial score (nSPS) is 10.3.